The number of esters is 1. The fourth-order valence-corrected chi connectivity index (χ4v) is 4.35. The quantitative estimate of drug-likeness (QED) is 0.202. The summed E-state index contributed by atoms with van der Waals surface area (Å²) in [7, 11) is -8.50. The van der Waals surface area contributed by atoms with Crippen LogP contribution in [0.2, 0.25) is 0 Å². The lowest BCUT2D eigenvalue weighted by Crippen LogP contribution is -2.32. The third kappa shape index (κ3) is 8.68. The fourth-order valence-electron chi connectivity index (χ4n) is 3.35. The maximum Gasteiger partial charge on any atom is 0.305 e. The van der Waals surface area contributed by atoms with Gasteiger partial charge in [0.25, 0.3) is 20.2 Å². The Bertz CT molecular complexity index is 1020. The number of aryl methyl sites for hydroxylation is 1. The summed E-state index contributed by atoms with van der Waals surface area (Å²) in [6, 6.07) is 4.30. The Balaban J connectivity index is 3.28. The van der Waals surface area contributed by atoms with Crippen molar-refractivity contribution in [3.8, 4) is 0 Å². The van der Waals surface area contributed by atoms with Crippen molar-refractivity contribution in [1.82, 2.24) is 0 Å². The smallest absolute Gasteiger partial charge is 0.305 e. The topological polar surface area (TPSA) is 147 Å². The molecule has 11 heteroatoms. The van der Waals surface area contributed by atoms with Gasteiger partial charge >= 0.3 is 5.97 Å². The molecule has 1 atom stereocenters. The molecule has 0 aliphatic heterocycles. The lowest BCUT2D eigenvalue weighted by Gasteiger charge is -2.32. The molecule has 0 aliphatic rings. The van der Waals surface area contributed by atoms with Gasteiger partial charge in [0.15, 0.2) is 0 Å². The van der Waals surface area contributed by atoms with Crippen LogP contribution in [0.5, 0.6) is 0 Å². The second-order valence-electron chi connectivity index (χ2n) is 7.55. The zero-order valence-corrected chi connectivity index (χ0v) is 19.9. The predicted octanol–water partition coefficient (Wildman–Crippen LogP) is 2.97. The number of hydrogen-bond acceptors (Lipinski definition) is 7. The van der Waals surface area contributed by atoms with Gasteiger partial charge in [-0.2, -0.15) is 16.8 Å². The van der Waals surface area contributed by atoms with Gasteiger partial charge in [-0.05, 0) is 63.3 Å². The van der Waals surface area contributed by atoms with E-state index < -0.39 is 31.4 Å². The minimum absolute atomic E-state index is 0.124. The van der Waals surface area contributed by atoms with E-state index in [4.69, 9.17) is 9.29 Å². The summed E-state index contributed by atoms with van der Waals surface area (Å²) in [4.78, 5) is 16.0. The number of carbonyl (C=O) groups excluding carboxylic acids is 1. The van der Waals surface area contributed by atoms with Crippen LogP contribution < -0.4 is 0 Å². The molecule has 0 bridgehead atoms. The highest BCUT2D eigenvalue weighted by atomic mass is 32.2. The van der Waals surface area contributed by atoms with E-state index in [2.05, 4.69) is 4.99 Å². The minimum Gasteiger partial charge on any atom is -0.466 e. The van der Waals surface area contributed by atoms with Crippen molar-refractivity contribution in [2.24, 2.45) is 4.99 Å². The van der Waals surface area contributed by atoms with E-state index >= 15 is 0 Å². The first-order valence-corrected chi connectivity index (χ1v) is 13.0. The second kappa shape index (κ2) is 11.2. The highest BCUT2D eigenvalue weighted by molar-refractivity contribution is 7.86. The molecule has 1 unspecified atom stereocenters. The van der Waals surface area contributed by atoms with Crippen LogP contribution in [0, 0.1) is 6.92 Å². The molecular weight excluding hydrogens is 446 g/mol. The molecule has 31 heavy (non-hydrogen) atoms. The van der Waals surface area contributed by atoms with E-state index in [0.717, 1.165) is 5.56 Å². The first-order chi connectivity index (χ1) is 14.2. The van der Waals surface area contributed by atoms with Crippen molar-refractivity contribution < 1.29 is 35.5 Å². The van der Waals surface area contributed by atoms with Crippen LogP contribution in [0.15, 0.2) is 28.1 Å². The van der Waals surface area contributed by atoms with Crippen LogP contribution in [0.1, 0.15) is 57.6 Å². The molecule has 0 spiro atoms. The van der Waals surface area contributed by atoms with Gasteiger partial charge in [0.05, 0.1) is 17.3 Å². The van der Waals surface area contributed by atoms with Gasteiger partial charge in [0, 0.05) is 24.1 Å². The SMILES string of the molecule is CCOC(=O)CCCC(C)(/C(C)=N/CCCS(=O)(=O)O)c1cc(S(=O)(=O)O)ccc1C. The first-order valence-electron chi connectivity index (χ1n) is 9.91. The van der Waals surface area contributed by atoms with Crippen molar-refractivity contribution in [3.05, 3.63) is 29.3 Å². The van der Waals surface area contributed by atoms with Crippen molar-refractivity contribution >= 4 is 31.9 Å². The van der Waals surface area contributed by atoms with Gasteiger partial charge in [-0.3, -0.25) is 18.9 Å². The molecule has 0 heterocycles. The van der Waals surface area contributed by atoms with Crippen molar-refractivity contribution in [2.75, 3.05) is 18.9 Å². The first kappa shape index (κ1) is 27.2. The van der Waals surface area contributed by atoms with Crippen LogP contribution >= 0.6 is 0 Å². The van der Waals surface area contributed by atoms with E-state index in [9.17, 15) is 26.2 Å². The standard InChI is InChI=1S/C20H31NO8S2/c1-5-29-19(22)8-6-11-20(4,16(3)21-12-7-13-30(23,24)25)18-14-17(31(26,27)28)10-9-15(18)2/h9-10,14H,5-8,11-13H2,1-4H3,(H,23,24,25)(H,26,27,28)/b21-16+. The van der Waals surface area contributed by atoms with Crippen LogP contribution in [0.3, 0.4) is 0 Å². The zero-order chi connectivity index (χ0) is 23.9. The number of hydrogen-bond donors (Lipinski definition) is 2. The summed E-state index contributed by atoms with van der Waals surface area (Å²) in [6.07, 6.45) is 1.19. The van der Waals surface area contributed by atoms with Gasteiger partial charge in [0.1, 0.15) is 0 Å². The maximum absolute atomic E-state index is 11.7. The lowest BCUT2D eigenvalue weighted by atomic mass is 9.73. The fraction of sp³-hybridized carbons (Fsp3) is 0.600. The van der Waals surface area contributed by atoms with E-state index in [1.54, 1.807) is 26.8 Å². The number of aliphatic imine (C=N–C) groups is 1. The molecule has 0 saturated heterocycles. The molecule has 0 fully saturated rings. The number of nitrogens with zero attached hydrogens (tertiary/aromatic N) is 1. The largest absolute Gasteiger partial charge is 0.466 e. The monoisotopic (exact) mass is 477 g/mol. The van der Waals surface area contributed by atoms with E-state index in [-0.39, 0.29) is 36.9 Å². The van der Waals surface area contributed by atoms with Gasteiger partial charge in [-0.1, -0.05) is 13.0 Å². The van der Waals surface area contributed by atoms with Crippen LogP contribution in [0.4, 0.5) is 0 Å². The van der Waals surface area contributed by atoms with Crippen molar-refractivity contribution in [2.45, 2.75) is 63.7 Å². The van der Waals surface area contributed by atoms with Gasteiger partial charge in [0.2, 0.25) is 0 Å². The van der Waals surface area contributed by atoms with Crippen molar-refractivity contribution in [1.29, 1.82) is 0 Å². The lowest BCUT2D eigenvalue weighted by molar-refractivity contribution is -0.143. The molecule has 1 rings (SSSR count). The summed E-state index contributed by atoms with van der Waals surface area (Å²) in [5.41, 5.74) is 1.23. The van der Waals surface area contributed by atoms with Gasteiger partial charge in [-0.15, -0.1) is 0 Å². The Morgan fingerprint density at radius 2 is 1.81 bits per heavy atom. The molecule has 0 saturated carbocycles. The average molecular weight is 478 g/mol. The maximum atomic E-state index is 11.7. The Hall–Kier alpha value is -1.82. The molecule has 1 aromatic carbocycles. The number of benzene rings is 1. The third-order valence-electron chi connectivity index (χ3n) is 5.17. The van der Waals surface area contributed by atoms with Gasteiger partial charge in [-0.25, -0.2) is 0 Å². The van der Waals surface area contributed by atoms with Crippen LogP contribution in [-0.4, -0.2) is 56.5 Å². The minimum atomic E-state index is -4.42. The summed E-state index contributed by atoms with van der Waals surface area (Å²) in [5.74, 6) is -0.753. The second-order valence-corrected chi connectivity index (χ2v) is 10.5. The molecule has 9 nitrogen and oxygen atoms in total. The highest BCUT2D eigenvalue weighted by Crippen LogP contribution is 2.35. The Labute approximate surface area is 184 Å². The molecule has 0 radical (unpaired) electrons. The molecule has 0 aromatic heterocycles. The van der Waals surface area contributed by atoms with Crippen LogP contribution in [-0.2, 0) is 35.2 Å². The highest BCUT2D eigenvalue weighted by Gasteiger charge is 2.32. The molecule has 0 aliphatic carbocycles. The van der Waals surface area contributed by atoms with Crippen molar-refractivity contribution in [3.63, 3.8) is 0 Å². The van der Waals surface area contributed by atoms with E-state index in [0.29, 0.717) is 24.1 Å². The number of carbonyl (C=O) groups is 1. The summed E-state index contributed by atoms with van der Waals surface area (Å²) in [6.45, 7) is 7.55. The molecular formula is C20H31NO8S2. The number of ether oxygens (including phenoxy) is 1. The molecule has 1 aromatic rings. The average Bonchev–Trinajstić information content (AvgIpc) is 2.63. The molecule has 176 valence electrons. The normalized spacial score (nSPS) is 14.8. The van der Waals surface area contributed by atoms with E-state index in [1.165, 1.54) is 12.1 Å². The van der Waals surface area contributed by atoms with E-state index in [1.807, 2.05) is 6.92 Å². The molecule has 0 amide bonds. The Kier molecular flexibility index (Phi) is 9.80. The summed E-state index contributed by atoms with van der Waals surface area (Å²) in [5, 5.41) is 0. The summed E-state index contributed by atoms with van der Waals surface area (Å²) >= 11 is 0. The predicted molar refractivity (Wildman–Crippen MR) is 118 cm³/mol. The Morgan fingerprint density at radius 3 is 2.35 bits per heavy atom. The number of rotatable bonds is 12. The molecule has 2 N–H and O–H groups in total. The van der Waals surface area contributed by atoms with Gasteiger partial charge < -0.3 is 4.74 Å². The Morgan fingerprint density at radius 1 is 1.16 bits per heavy atom. The third-order valence-corrected chi connectivity index (χ3v) is 6.83. The summed E-state index contributed by atoms with van der Waals surface area (Å²) < 4.78 is 68.4. The zero-order valence-electron chi connectivity index (χ0n) is 18.3. The van der Waals surface area contributed by atoms with Crippen LogP contribution in [0.25, 0.3) is 0 Å².